The van der Waals surface area contributed by atoms with Crippen LogP contribution in [0.2, 0.25) is 0 Å². The second-order valence-corrected chi connectivity index (χ2v) is 4.13. The van der Waals surface area contributed by atoms with Crippen molar-refractivity contribution in [3.63, 3.8) is 0 Å². The molecule has 0 radical (unpaired) electrons. The summed E-state index contributed by atoms with van der Waals surface area (Å²) in [6.07, 6.45) is 0. The lowest BCUT2D eigenvalue weighted by atomic mass is 10.2. The molecule has 0 aromatic heterocycles. The Morgan fingerprint density at radius 2 is 2.05 bits per heavy atom. The zero-order valence-corrected chi connectivity index (χ0v) is 12.1. The summed E-state index contributed by atoms with van der Waals surface area (Å²) in [5, 5.41) is 3.24. The van der Waals surface area contributed by atoms with Crippen molar-refractivity contribution in [3.05, 3.63) is 29.8 Å². The standard InChI is InChI=1S/C14H23N3O2/c1-15-14(16-9-10-18-3)17(2)11-12-7-5-6-8-13(12)19-4/h5-8H,9-11H2,1-4H3,(H,15,16). The van der Waals surface area contributed by atoms with Crippen LogP contribution in [-0.4, -0.2) is 52.3 Å². The summed E-state index contributed by atoms with van der Waals surface area (Å²) in [6, 6.07) is 7.99. The number of para-hydroxylation sites is 1. The Kier molecular flexibility index (Phi) is 6.74. The molecule has 1 rings (SSSR count). The van der Waals surface area contributed by atoms with Crippen molar-refractivity contribution in [2.45, 2.75) is 6.54 Å². The van der Waals surface area contributed by atoms with Gasteiger partial charge in [0.05, 0.1) is 13.7 Å². The minimum absolute atomic E-state index is 0.654. The van der Waals surface area contributed by atoms with Crippen LogP contribution in [0.15, 0.2) is 29.3 Å². The molecule has 0 saturated carbocycles. The summed E-state index contributed by atoms with van der Waals surface area (Å²) in [5.41, 5.74) is 1.13. The Morgan fingerprint density at radius 3 is 2.68 bits per heavy atom. The molecule has 0 bridgehead atoms. The Morgan fingerprint density at radius 1 is 1.32 bits per heavy atom. The molecule has 1 N–H and O–H groups in total. The number of nitrogens with zero attached hydrogens (tertiary/aromatic N) is 2. The molecule has 5 nitrogen and oxygen atoms in total. The second kappa shape index (κ2) is 8.37. The Balaban J connectivity index is 2.63. The van der Waals surface area contributed by atoms with Gasteiger partial charge < -0.3 is 19.7 Å². The lowest BCUT2D eigenvalue weighted by Gasteiger charge is -2.23. The topological polar surface area (TPSA) is 46.1 Å². The fraction of sp³-hybridized carbons (Fsp3) is 0.500. The second-order valence-electron chi connectivity index (χ2n) is 4.13. The summed E-state index contributed by atoms with van der Waals surface area (Å²) >= 11 is 0. The van der Waals surface area contributed by atoms with Gasteiger partial charge in [-0.25, -0.2) is 0 Å². The van der Waals surface area contributed by atoms with Crippen molar-refractivity contribution >= 4 is 5.96 Å². The third-order valence-electron chi connectivity index (χ3n) is 2.76. The highest BCUT2D eigenvalue weighted by Crippen LogP contribution is 2.18. The molecular weight excluding hydrogens is 242 g/mol. The fourth-order valence-electron chi connectivity index (χ4n) is 1.81. The molecule has 0 aliphatic heterocycles. The SMILES string of the molecule is CN=C(NCCOC)N(C)Cc1ccccc1OC. The highest BCUT2D eigenvalue weighted by molar-refractivity contribution is 5.79. The Labute approximate surface area is 115 Å². The molecule has 0 saturated heterocycles. The van der Waals surface area contributed by atoms with Crippen molar-refractivity contribution in [1.82, 2.24) is 10.2 Å². The van der Waals surface area contributed by atoms with E-state index in [1.54, 1.807) is 21.3 Å². The van der Waals surface area contributed by atoms with Crippen LogP contribution in [0, 0.1) is 0 Å². The number of hydrogen-bond donors (Lipinski definition) is 1. The number of rotatable bonds is 6. The third-order valence-corrected chi connectivity index (χ3v) is 2.76. The number of ether oxygens (including phenoxy) is 2. The molecule has 0 heterocycles. The highest BCUT2D eigenvalue weighted by atomic mass is 16.5. The number of hydrogen-bond acceptors (Lipinski definition) is 3. The fourth-order valence-corrected chi connectivity index (χ4v) is 1.81. The highest BCUT2D eigenvalue weighted by Gasteiger charge is 2.09. The Bertz CT molecular complexity index is 407. The van der Waals surface area contributed by atoms with E-state index in [2.05, 4.69) is 16.4 Å². The molecule has 0 aliphatic carbocycles. The first kappa shape index (κ1) is 15.3. The first-order valence-electron chi connectivity index (χ1n) is 6.25. The molecule has 1 aromatic rings. The maximum Gasteiger partial charge on any atom is 0.193 e. The number of nitrogens with one attached hydrogen (secondary N) is 1. The predicted octanol–water partition coefficient (Wildman–Crippen LogP) is 1.35. The normalized spacial score (nSPS) is 11.3. The van der Waals surface area contributed by atoms with Gasteiger partial charge in [-0.3, -0.25) is 4.99 Å². The van der Waals surface area contributed by atoms with Gasteiger partial charge in [0.1, 0.15) is 5.75 Å². The van der Waals surface area contributed by atoms with Crippen LogP contribution in [0.25, 0.3) is 0 Å². The van der Waals surface area contributed by atoms with Gasteiger partial charge in [-0.1, -0.05) is 18.2 Å². The summed E-state index contributed by atoms with van der Waals surface area (Å²) < 4.78 is 10.4. The van der Waals surface area contributed by atoms with Gasteiger partial charge in [-0.15, -0.1) is 0 Å². The average molecular weight is 265 g/mol. The van der Waals surface area contributed by atoms with E-state index in [0.717, 1.165) is 30.4 Å². The van der Waals surface area contributed by atoms with E-state index in [4.69, 9.17) is 9.47 Å². The van der Waals surface area contributed by atoms with E-state index < -0.39 is 0 Å². The predicted molar refractivity (Wildman–Crippen MR) is 77.7 cm³/mol. The number of benzene rings is 1. The number of guanidine groups is 1. The molecule has 0 unspecified atom stereocenters. The van der Waals surface area contributed by atoms with Gasteiger partial charge in [0.15, 0.2) is 5.96 Å². The van der Waals surface area contributed by atoms with Gasteiger partial charge in [0.2, 0.25) is 0 Å². The first-order valence-corrected chi connectivity index (χ1v) is 6.25. The van der Waals surface area contributed by atoms with Gasteiger partial charge >= 0.3 is 0 Å². The molecule has 19 heavy (non-hydrogen) atoms. The van der Waals surface area contributed by atoms with Crippen LogP contribution in [-0.2, 0) is 11.3 Å². The minimum atomic E-state index is 0.654. The summed E-state index contributed by atoms with van der Waals surface area (Å²) in [7, 11) is 7.13. The summed E-state index contributed by atoms with van der Waals surface area (Å²) in [5.74, 6) is 1.73. The monoisotopic (exact) mass is 265 g/mol. The smallest absolute Gasteiger partial charge is 0.193 e. The number of aliphatic imine (C=N–C) groups is 1. The molecule has 0 amide bonds. The van der Waals surface area contributed by atoms with Gasteiger partial charge in [0, 0.05) is 39.9 Å². The lowest BCUT2D eigenvalue weighted by Crippen LogP contribution is -2.39. The largest absolute Gasteiger partial charge is 0.496 e. The average Bonchev–Trinajstić information content (AvgIpc) is 2.44. The molecule has 0 aliphatic rings. The Hall–Kier alpha value is -1.75. The van der Waals surface area contributed by atoms with E-state index in [0.29, 0.717) is 6.61 Å². The molecule has 5 heteroatoms. The van der Waals surface area contributed by atoms with E-state index in [1.165, 1.54) is 0 Å². The van der Waals surface area contributed by atoms with Crippen LogP contribution in [0.5, 0.6) is 5.75 Å². The van der Waals surface area contributed by atoms with Crippen molar-refractivity contribution in [2.24, 2.45) is 4.99 Å². The van der Waals surface area contributed by atoms with Gasteiger partial charge in [-0.2, -0.15) is 0 Å². The molecule has 106 valence electrons. The van der Waals surface area contributed by atoms with Crippen molar-refractivity contribution in [2.75, 3.05) is 41.5 Å². The van der Waals surface area contributed by atoms with Crippen LogP contribution in [0.3, 0.4) is 0 Å². The van der Waals surface area contributed by atoms with Gasteiger partial charge in [0.25, 0.3) is 0 Å². The van der Waals surface area contributed by atoms with Crippen LogP contribution in [0.1, 0.15) is 5.56 Å². The third kappa shape index (κ3) is 4.79. The van der Waals surface area contributed by atoms with E-state index >= 15 is 0 Å². The lowest BCUT2D eigenvalue weighted by molar-refractivity contribution is 0.203. The van der Waals surface area contributed by atoms with Crippen molar-refractivity contribution in [3.8, 4) is 5.75 Å². The molecular formula is C14H23N3O2. The minimum Gasteiger partial charge on any atom is -0.496 e. The van der Waals surface area contributed by atoms with E-state index in [9.17, 15) is 0 Å². The summed E-state index contributed by atoms with van der Waals surface area (Å²) in [4.78, 5) is 6.30. The molecule has 1 aromatic carbocycles. The van der Waals surface area contributed by atoms with Crippen LogP contribution < -0.4 is 10.1 Å². The maximum absolute atomic E-state index is 5.35. The maximum atomic E-state index is 5.35. The quantitative estimate of drug-likeness (QED) is 0.479. The van der Waals surface area contributed by atoms with Crippen molar-refractivity contribution in [1.29, 1.82) is 0 Å². The molecule has 0 spiro atoms. The first-order chi connectivity index (χ1) is 9.22. The number of methoxy groups -OCH3 is 2. The zero-order chi connectivity index (χ0) is 14.1. The van der Waals surface area contributed by atoms with Crippen molar-refractivity contribution < 1.29 is 9.47 Å². The van der Waals surface area contributed by atoms with E-state index in [1.807, 2.05) is 30.1 Å². The van der Waals surface area contributed by atoms with Gasteiger partial charge in [-0.05, 0) is 6.07 Å². The molecule has 0 fully saturated rings. The van der Waals surface area contributed by atoms with E-state index in [-0.39, 0.29) is 0 Å². The van der Waals surface area contributed by atoms with Crippen LogP contribution in [0.4, 0.5) is 0 Å². The zero-order valence-electron chi connectivity index (χ0n) is 12.1. The molecule has 0 atom stereocenters. The van der Waals surface area contributed by atoms with Crippen LogP contribution >= 0.6 is 0 Å². The summed E-state index contributed by atoms with van der Waals surface area (Å²) in [6.45, 7) is 2.12.